The average molecular weight is 434 g/mol. The number of carbonyl (C=O) groups is 2. The second-order valence-electron chi connectivity index (χ2n) is 8.05. The van der Waals surface area contributed by atoms with Crippen LogP contribution < -0.4 is 20.1 Å². The van der Waals surface area contributed by atoms with E-state index in [-0.39, 0.29) is 11.7 Å². The van der Waals surface area contributed by atoms with Gasteiger partial charge in [-0.1, -0.05) is 6.07 Å². The highest BCUT2D eigenvalue weighted by Crippen LogP contribution is 2.45. The molecule has 2 N–H and O–H groups in total. The van der Waals surface area contributed by atoms with E-state index >= 15 is 0 Å². The molecule has 1 amide bonds. The number of dihydropyridines is 1. The third-order valence-electron chi connectivity index (χ3n) is 5.93. The number of ketones is 1. The minimum atomic E-state index is -0.551. The lowest BCUT2D eigenvalue weighted by Gasteiger charge is -2.35. The third-order valence-corrected chi connectivity index (χ3v) is 5.93. The Labute approximate surface area is 187 Å². The molecule has 2 heterocycles. The molecule has 7 heteroatoms. The molecule has 0 spiro atoms. The fourth-order valence-corrected chi connectivity index (χ4v) is 4.44. The second-order valence-corrected chi connectivity index (χ2v) is 8.05. The Balaban J connectivity index is 1.84. The van der Waals surface area contributed by atoms with Gasteiger partial charge in [0.05, 0.1) is 20.1 Å². The van der Waals surface area contributed by atoms with E-state index in [2.05, 4.69) is 15.6 Å². The highest BCUT2D eigenvalue weighted by molar-refractivity contribution is 6.09. The molecule has 1 aromatic heterocycles. The smallest absolute Gasteiger partial charge is 0.255 e. The van der Waals surface area contributed by atoms with Gasteiger partial charge in [-0.2, -0.15) is 0 Å². The van der Waals surface area contributed by atoms with Crippen LogP contribution in [0.5, 0.6) is 11.5 Å². The van der Waals surface area contributed by atoms with E-state index in [9.17, 15) is 9.59 Å². The number of Topliss-reactive ketones (excluding diaryl/α,β-unsaturated/α-hetero) is 1. The van der Waals surface area contributed by atoms with Crippen LogP contribution in [0.15, 0.2) is 59.1 Å². The maximum absolute atomic E-state index is 13.5. The minimum absolute atomic E-state index is 0.0492. The summed E-state index contributed by atoms with van der Waals surface area (Å²) in [5, 5.41) is 6.23. The van der Waals surface area contributed by atoms with Gasteiger partial charge >= 0.3 is 0 Å². The van der Waals surface area contributed by atoms with Gasteiger partial charge in [0.25, 0.3) is 5.91 Å². The topological polar surface area (TPSA) is 89.5 Å². The van der Waals surface area contributed by atoms with Crippen molar-refractivity contribution in [2.75, 3.05) is 19.5 Å². The van der Waals surface area contributed by atoms with Gasteiger partial charge in [0, 0.05) is 46.8 Å². The summed E-state index contributed by atoms with van der Waals surface area (Å²) in [6, 6.07) is 9.14. The molecule has 1 atom stereocenters. The summed E-state index contributed by atoms with van der Waals surface area (Å²) < 4.78 is 11.0. The van der Waals surface area contributed by atoms with Crippen molar-refractivity contribution in [1.29, 1.82) is 0 Å². The molecule has 0 bridgehead atoms. The van der Waals surface area contributed by atoms with E-state index in [1.165, 1.54) is 0 Å². The highest BCUT2D eigenvalue weighted by Gasteiger charge is 2.39. The molecule has 0 saturated carbocycles. The Hall–Kier alpha value is -3.61. The van der Waals surface area contributed by atoms with E-state index in [1.807, 2.05) is 38.1 Å². The van der Waals surface area contributed by atoms with Gasteiger partial charge in [-0.15, -0.1) is 0 Å². The van der Waals surface area contributed by atoms with Crippen LogP contribution in [0, 0.1) is 6.92 Å². The van der Waals surface area contributed by atoms with Crippen LogP contribution in [0.1, 0.15) is 43.2 Å². The van der Waals surface area contributed by atoms with Crippen LogP contribution in [0.3, 0.4) is 0 Å². The van der Waals surface area contributed by atoms with Gasteiger partial charge in [-0.05, 0) is 50.5 Å². The number of ether oxygens (including phenoxy) is 2. The summed E-state index contributed by atoms with van der Waals surface area (Å²) in [7, 11) is 3.16. The Kier molecular flexibility index (Phi) is 5.99. The lowest BCUT2D eigenvalue weighted by Crippen LogP contribution is -2.35. The summed E-state index contributed by atoms with van der Waals surface area (Å²) in [6.07, 6.45) is 3.67. The number of nitrogens with zero attached hydrogens (tertiary/aromatic N) is 1. The number of aromatic nitrogens is 1. The molecule has 0 fully saturated rings. The van der Waals surface area contributed by atoms with Crippen LogP contribution in [-0.4, -0.2) is 30.9 Å². The van der Waals surface area contributed by atoms with E-state index in [1.54, 1.807) is 26.5 Å². The zero-order valence-corrected chi connectivity index (χ0v) is 18.7. The monoisotopic (exact) mass is 433 g/mol. The number of hydrogen-bond acceptors (Lipinski definition) is 6. The molecule has 7 nitrogen and oxygen atoms in total. The maximum Gasteiger partial charge on any atom is 0.255 e. The zero-order chi connectivity index (χ0) is 22.8. The van der Waals surface area contributed by atoms with Gasteiger partial charge in [0.2, 0.25) is 0 Å². The SMILES string of the molecule is COc1ccc(C2C(C(=O)Nc3cc(C)ccn3)=C(C)NC3=C2C(=O)CCC3)c(OC)c1. The van der Waals surface area contributed by atoms with Gasteiger partial charge in [0.15, 0.2) is 5.78 Å². The first-order chi connectivity index (χ1) is 15.4. The fourth-order valence-electron chi connectivity index (χ4n) is 4.44. The Morgan fingerprint density at radius 1 is 1.12 bits per heavy atom. The van der Waals surface area contributed by atoms with E-state index < -0.39 is 5.92 Å². The number of carbonyl (C=O) groups excluding carboxylic acids is 2. The van der Waals surface area contributed by atoms with Crippen molar-refractivity contribution in [3.8, 4) is 11.5 Å². The average Bonchev–Trinajstić information content (AvgIpc) is 2.77. The molecule has 2 aliphatic rings. The molecule has 1 unspecified atom stereocenters. The van der Waals surface area contributed by atoms with Crippen molar-refractivity contribution in [2.24, 2.45) is 0 Å². The predicted molar refractivity (Wildman–Crippen MR) is 122 cm³/mol. The molecule has 1 aliphatic heterocycles. The van der Waals surface area contributed by atoms with Crippen molar-refractivity contribution >= 4 is 17.5 Å². The van der Waals surface area contributed by atoms with E-state index in [0.29, 0.717) is 40.6 Å². The van der Waals surface area contributed by atoms with Crippen LogP contribution >= 0.6 is 0 Å². The molecule has 166 valence electrons. The maximum atomic E-state index is 13.5. The molecule has 2 aromatic rings. The number of benzene rings is 1. The molecule has 0 saturated heterocycles. The lowest BCUT2D eigenvalue weighted by atomic mass is 9.74. The second kappa shape index (κ2) is 8.86. The van der Waals surface area contributed by atoms with Crippen molar-refractivity contribution in [3.63, 3.8) is 0 Å². The molecule has 0 radical (unpaired) electrons. The van der Waals surface area contributed by atoms with Gasteiger partial charge < -0.3 is 20.1 Å². The summed E-state index contributed by atoms with van der Waals surface area (Å²) >= 11 is 0. The lowest BCUT2D eigenvalue weighted by molar-refractivity contribution is -0.116. The number of amides is 1. The van der Waals surface area contributed by atoms with Crippen molar-refractivity contribution in [1.82, 2.24) is 10.3 Å². The standard InChI is InChI=1S/C25H27N3O4/c1-14-10-11-26-21(12-14)28-25(30)22-15(2)27-18-6-5-7-19(29)24(18)23(22)17-9-8-16(31-3)13-20(17)32-4/h8-13,23,27H,5-7H2,1-4H3,(H,26,28,30). The molecule has 4 rings (SSSR count). The molecular formula is C25H27N3O4. The first-order valence-electron chi connectivity index (χ1n) is 10.6. The number of nitrogens with one attached hydrogen (secondary N) is 2. The van der Waals surface area contributed by atoms with Crippen LogP contribution in [0.25, 0.3) is 0 Å². The number of rotatable bonds is 5. The summed E-state index contributed by atoms with van der Waals surface area (Å²) in [4.78, 5) is 30.9. The fraction of sp³-hybridized carbons (Fsp3) is 0.320. The zero-order valence-electron chi connectivity index (χ0n) is 18.7. The molecule has 1 aromatic carbocycles. The number of anilines is 1. The first kappa shape index (κ1) is 21.6. The Morgan fingerprint density at radius 2 is 1.94 bits per heavy atom. The highest BCUT2D eigenvalue weighted by atomic mass is 16.5. The Bertz CT molecular complexity index is 1150. The summed E-state index contributed by atoms with van der Waals surface area (Å²) in [5.74, 6) is 0.858. The van der Waals surface area contributed by atoms with Crippen LogP contribution in [-0.2, 0) is 9.59 Å². The molecule has 32 heavy (non-hydrogen) atoms. The van der Waals surface area contributed by atoms with E-state index in [0.717, 1.165) is 29.7 Å². The summed E-state index contributed by atoms with van der Waals surface area (Å²) in [5.41, 5.74) is 4.44. The molecule has 1 aliphatic carbocycles. The predicted octanol–water partition coefficient (Wildman–Crippen LogP) is 4.01. The van der Waals surface area contributed by atoms with Crippen molar-refractivity contribution in [3.05, 3.63) is 70.2 Å². The number of hydrogen-bond donors (Lipinski definition) is 2. The van der Waals surface area contributed by atoms with Crippen molar-refractivity contribution < 1.29 is 19.1 Å². The number of aryl methyl sites for hydroxylation is 1. The van der Waals surface area contributed by atoms with Crippen molar-refractivity contribution in [2.45, 2.75) is 39.0 Å². The van der Waals surface area contributed by atoms with Crippen LogP contribution in [0.2, 0.25) is 0 Å². The summed E-state index contributed by atoms with van der Waals surface area (Å²) in [6.45, 7) is 3.80. The Morgan fingerprint density at radius 3 is 2.66 bits per heavy atom. The minimum Gasteiger partial charge on any atom is -0.497 e. The molecular weight excluding hydrogens is 406 g/mol. The number of methoxy groups -OCH3 is 2. The van der Waals surface area contributed by atoms with Gasteiger partial charge in [0.1, 0.15) is 17.3 Å². The first-order valence-corrected chi connectivity index (χ1v) is 10.6. The quantitative estimate of drug-likeness (QED) is 0.741. The largest absolute Gasteiger partial charge is 0.497 e. The van der Waals surface area contributed by atoms with E-state index in [4.69, 9.17) is 9.47 Å². The van der Waals surface area contributed by atoms with Gasteiger partial charge in [-0.25, -0.2) is 4.98 Å². The normalized spacial score (nSPS) is 18.1. The van der Waals surface area contributed by atoms with Gasteiger partial charge in [-0.3, -0.25) is 9.59 Å². The number of pyridine rings is 1. The third kappa shape index (κ3) is 3.98. The number of allylic oxidation sites excluding steroid dienone is 3. The van der Waals surface area contributed by atoms with Crippen LogP contribution in [0.4, 0.5) is 5.82 Å².